The molecule has 0 aliphatic rings. The van der Waals surface area contributed by atoms with Crippen LogP contribution in [0.25, 0.3) is 0 Å². The molecule has 0 N–H and O–H groups in total. The zero-order chi connectivity index (χ0) is 14.8. The fourth-order valence-electron chi connectivity index (χ4n) is 1.67. The van der Waals surface area contributed by atoms with E-state index in [0.717, 1.165) is 5.56 Å². The maximum atomic E-state index is 11.9. The third-order valence-corrected chi connectivity index (χ3v) is 2.61. The zero-order valence-corrected chi connectivity index (χ0v) is 11.8. The van der Waals surface area contributed by atoms with E-state index in [0.29, 0.717) is 12.8 Å². The number of esters is 1. The third-order valence-electron chi connectivity index (χ3n) is 2.61. The van der Waals surface area contributed by atoms with Crippen molar-refractivity contribution in [2.45, 2.75) is 26.2 Å². The van der Waals surface area contributed by atoms with E-state index in [2.05, 4.69) is 9.99 Å². The number of ketones is 1. The first kappa shape index (κ1) is 15.9. The Hall–Kier alpha value is -2.17. The second-order valence-electron chi connectivity index (χ2n) is 4.14. The smallest absolute Gasteiger partial charge is 0.356 e. The molecule has 0 amide bonds. The Balaban J connectivity index is 2.50. The average molecular weight is 277 g/mol. The molecule has 0 saturated carbocycles. The highest BCUT2D eigenvalue weighted by Crippen LogP contribution is 2.05. The van der Waals surface area contributed by atoms with Crippen molar-refractivity contribution in [3.8, 4) is 0 Å². The van der Waals surface area contributed by atoms with Gasteiger partial charge in [0.05, 0.1) is 13.0 Å². The quantitative estimate of drug-likeness (QED) is 0.415. The van der Waals surface area contributed by atoms with Gasteiger partial charge in [0.2, 0.25) is 0 Å². The van der Waals surface area contributed by atoms with Crippen molar-refractivity contribution in [1.29, 1.82) is 0 Å². The molecule has 1 aromatic carbocycles. The Kier molecular flexibility index (Phi) is 7.03. The van der Waals surface area contributed by atoms with Crippen LogP contribution in [-0.4, -0.2) is 31.2 Å². The molecule has 0 saturated heterocycles. The van der Waals surface area contributed by atoms with Crippen LogP contribution in [0.2, 0.25) is 0 Å². The van der Waals surface area contributed by atoms with Gasteiger partial charge in [-0.3, -0.25) is 4.79 Å². The van der Waals surface area contributed by atoms with Crippen LogP contribution in [0.5, 0.6) is 0 Å². The van der Waals surface area contributed by atoms with Crippen molar-refractivity contribution in [1.82, 2.24) is 0 Å². The van der Waals surface area contributed by atoms with Crippen LogP contribution >= 0.6 is 0 Å². The molecule has 108 valence electrons. The summed E-state index contributed by atoms with van der Waals surface area (Å²) in [5.74, 6) is -0.680. The van der Waals surface area contributed by atoms with Crippen molar-refractivity contribution in [3.63, 3.8) is 0 Å². The van der Waals surface area contributed by atoms with Gasteiger partial charge in [0.25, 0.3) is 0 Å². The molecule has 0 spiro atoms. The summed E-state index contributed by atoms with van der Waals surface area (Å²) in [5.41, 5.74) is 1.09. The average Bonchev–Trinajstić information content (AvgIpc) is 2.46. The Labute approximate surface area is 118 Å². The van der Waals surface area contributed by atoms with E-state index in [-0.39, 0.29) is 24.5 Å². The van der Waals surface area contributed by atoms with Gasteiger partial charge in [0.1, 0.15) is 12.9 Å². The molecule has 0 radical (unpaired) electrons. The number of hydrogen-bond donors (Lipinski definition) is 0. The van der Waals surface area contributed by atoms with Gasteiger partial charge in [-0.2, -0.15) is 0 Å². The molecule has 0 aliphatic carbocycles. The molecular formula is C15H19NO4. The predicted octanol–water partition coefficient (Wildman–Crippen LogP) is 2.14. The fourth-order valence-corrected chi connectivity index (χ4v) is 1.67. The highest BCUT2D eigenvalue weighted by Gasteiger charge is 2.17. The summed E-state index contributed by atoms with van der Waals surface area (Å²) >= 11 is 0. The first-order valence-electron chi connectivity index (χ1n) is 6.50. The van der Waals surface area contributed by atoms with Crippen LogP contribution < -0.4 is 0 Å². The number of rotatable bonds is 8. The predicted molar refractivity (Wildman–Crippen MR) is 75.5 cm³/mol. The lowest BCUT2D eigenvalue weighted by molar-refractivity contribution is -0.135. The summed E-state index contributed by atoms with van der Waals surface area (Å²) in [4.78, 5) is 28.0. The van der Waals surface area contributed by atoms with Crippen molar-refractivity contribution in [2.75, 3.05) is 13.7 Å². The number of oxime groups is 1. The summed E-state index contributed by atoms with van der Waals surface area (Å²) in [5, 5.41) is 3.56. The first-order chi connectivity index (χ1) is 9.67. The second kappa shape index (κ2) is 8.85. The first-order valence-corrected chi connectivity index (χ1v) is 6.50. The number of carbonyl (C=O) groups excluding carboxylic acids is 2. The molecular weight excluding hydrogens is 258 g/mol. The normalized spacial score (nSPS) is 11.0. The Morgan fingerprint density at radius 2 is 1.90 bits per heavy atom. The van der Waals surface area contributed by atoms with Gasteiger partial charge in [-0.25, -0.2) is 4.79 Å². The lowest BCUT2D eigenvalue weighted by Crippen LogP contribution is -2.21. The summed E-state index contributed by atoms with van der Waals surface area (Å²) < 4.78 is 4.82. The molecule has 5 heteroatoms. The Bertz CT molecular complexity index is 468. The van der Waals surface area contributed by atoms with Gasteiger partial charge >= 0.3 is 5.97 Å². The van der Waals surface area contributed by atoms with E-state index < -0.39 is 5.97 Å². The number of nitrogens with zero attached hydrogens (tertiary/aromatic N) is 1. The fraction of sp³-hybridized carbons (Fsp3) is 0.400. The van der Waals surface area contributed by atoms with E-state index in [9.17, 15) is 9.59 Å². The van der Waals surface area contributed by atoms with E-state index >= 15 is 0 Å². The topological polar surface area (TPSA) is 65.0 Å². The minimum atomic E-state index is -0.609. The molecule has 0 unspecified atom stereocenters. The van der Waals surface area contributed by atoms with E-state index in [4.69, 9.17) is 4.74 Å². The number of ether oxygens (including phenoxy) is 1. The van der Waals surface area contributed by atoms with Crippen LogP contribution in [0.3, 0.4) is 0 Å². The van der Waals surface area contributed by atoms with Crippen molar-refractivity contribution >= 4 is 17.5 Å². The SMILES string of the molecule is CCOC(=O)C(CC(=O)CCc1ccccc1)=NOC. The van der Waals surface area contributed by atoms with Gasteiger partial charge in [0.15, 0.2) is 5.71 Å². The summed E-state index contributed by atoms with van der Waals surface area (Å²) in [6.07, 6.45) is 0.925. The largest absolute Gasteiger partial charge is 0.461 e. The summed E-state index contributed by atoms with van der Waals surface area (Å²) in [6, 6.07) is 9.70. The van der Waals surface area contributed by atoms with Crippen LogP contribution in [0.4, 0.5) is 0 Å². The standard InChI is InChI=1S/C15H19NO4/c1-3-20-15(18)14(16-19-2)11-13(17)10-9-12-7-5-4-6-8-12/h4-8H,3,9-11H2,1-2H3. The Morgan fingerprint density at radius 1 is 1.20 bits per heavy atom. The molecule has 5 nitrogen and oxygen atoms in total. The second-order valence-corrected chi connectivity index (χ2v) is 4.14. The number of carbonyl (C=O) groups is 2. The van der Waals surface area contributed by atoms with Crippen LogP contribution in [0, 0.1) is 0 Å². The maximum Gasteiger partial charge on any atom is 0.356 e. The number of benzene rings is 1. The van der Waals surface area contributed by atoms with Crippen molar-refractivity contribution < 1.29 is 19.2 Å². The van der Waals surface area contributed by atoms with Crippen molar-refractivity contribution in [2.24, 2.45) is 5.16 Å². The number of aryl methyl sites for hydroxylation is 1. The molecule has 0 heterocycles. The van der Waals surface area contributed by atoms with Gasteiger partial charge < -0.3 is 9.57 Å². The Morgan fingerprint density at radius 3 is 2.50 bits per heavy atom. The minimum Gasteiger partial charge on any atom is -0.461 e. The van der Waals surface area contributed by atoms with Gasteiger partial charge in [-0.05, 0) is 18.9 Å². The molecule has 0 fully saturated rings. The third kappa shape index (κ3) is 5.65. The minimum absolute atomic E-state index is 0.00686. The lowest BCUT2D eigenvalue weighted by atomic mass is 10.0. The summed E-state index contributed by atoms with van der Waals surface area (Å²) in [6.45, 7) is 1.93. The van der Waals surface area contributed by atoms with Crippen LogP contribution in [0.15, 0.2) is 35.5 Å². The van der Waals surface area contributed by atoms with E-state index in [1.165, 1.54) is 7.11 Å². The molecule has 20 heavy (non-hydrogen) atoms. The van der Waals surface area contributed by atoms with Gasteiger partial charge in [-0.15, -0.1) is 0 Å². The highest BCUT2D eigenvalue weighted by molar-refractivity contribution is 6.39. The number of hydrogen-bond acceptors (Lipinski definition) is 5. The molecule has 0 bridgehead atoms. The zero-order valence-electron chi connectivity index (χ0n) is 11.8. The molecule has 0 atom stereocenters. The van der Waals surface area contributed by atoms with Gasteiger partial charge in [0, 0.05) is 6.42 Å². The highest BCUT2D eigenvalue weighted by atomic mass is 16.6. The maximum absolute atomic E-state index is 11.9. The molecule has 0 aliphatic heterocycles. The molecule has 1 rings (SSSR count). The molecule has 1 aromatic rings. The van der Waals surface area contributed by atoms with Crippen LogP contribution in [-0.2, 0) is 25.6 Å². The molecule has 0 aromatic heterocycles. The number of Topliss-reactive ketones (excluding diaryl/α,β-unsaturated/α-hetero) is 1. The van der Waals surface area contributed by atoms with Gasteiger partial charge in [-0.1, -0.05) is 35.5 Å². The monoisotopic (exact) mass is 277 g/mol. The lowest BCUT2D eigenvalue weighted by Gasteiger charge is -2.05. The van der Waals surface area contributed by atoms with Crippen molar-refractivity contribution in [3.05, 3.63) is 35.9 Å². The summed E-state index contributed by atoms with van der Waals surface area (Å²) in [7, 11) is 1.33. The van der Waals surface area contributed by atoms with Crippen LogP contribution in [0.1, 0.15) is 25.3 Å². The van der Waals surface area contributed by atoms with E-state index in [1.54, 1.807) is 6.92 Å². The van der Waals surface area contributed by atoms with E-state index in [1.807, 2.05) is 30.3 Å².